The third-order valence-corrected chi connectivity index (χ3v) is 1.87. The van der Waals surface area contributed by atoms with Crippen LogP contribution in [0.15, 0.2) is 0 Å². The molecule has 6 heteroatoms. The van der Waals surface area contributed by atoms with Crippen LogP contribution in [0, 0.1) is 5.92 Å². The molecule has 0 bridgehead atoms. The van der Waals surface area contributed by atoms with Crippen molar-refractivity contribution in [3.63, 3.8) is 0 Å². The maximum absolute atomic E-state index is 11.2. The second-order valence-corrected chi connectivity index (χ2v) is 3.95. The Kier molecular flexibility index (Phi) is 4.42. The first kappa shape index (κ1) is 12.6. The minimum atomic E-state index is -0.732. The van der Waals surface area contributed by atoms with Gasteiger partial charge in [-0.2, -0.15) is 0 Å². The molecule has 2 amide bonds. The molecule has 0 aliphatic carbocycles. The monoisotopic (exact) mass is 229 g/mol. The van der Waals surface area contributed by atoms with Crippen LogP contribution in [-0.2, 0) is 24.0 Å². The quantitative estimate of drug-likeness (QED) is 0.632. The largest absolute Gasteiger partial charge is 0.369 e. The summed E-state index contributed by atoms with van der Waals surface area (Å²) in [4.78, 5) is 37.9. The van der Waals surface area contributed by atoms with Crippen molar-refractivity contribution in [1.82, 2.24) is 5.06 Å². The first-order chi connectivity index (χ1) is 7.50. The summed E-state index contributed by atoms with van der Waals surface area (Å²) in [5, 5.41) is 0.515. The molecule has 1 rings (SSSR count). The Morgan fingerprint density at radius 1 is 1.31 bits per heavy atom. The van der Waals surface area contributed by atoms with Gasteiger partial charge >= 0.3 is 5.97 Å². The van der Waals surface area contributed by atoms with Crippen LogP contribution in [0.5, 0.6) is 0 Å². The van der Waals surface area contributed by atoms with Crippen LogP contribution in [0.25, 0.3) is 0 Å². The molecule has 0 aromatic heterocycles. The first-order valence-electron chi connectivity index (χ1n) is 5.15. The van der Waals surface area contributed by atoms with Gasteiger partial charge < -0.3 is 9.57 Å². The lowest BCUT2D eigenvalue weighted by molar-refractivity contribution is -0.200. The van der Waals surface area contributed by atoms with Crippen LogP contribution in [0.4, 0.5) is 0 Å². The molecule has 1 heterocycles. The van der Waals surface area contributed by atoms with Crippen molar-refractivity contribution in [3.05, 3.63) is 0 Å². The van der Waals surface area contributed by atoms with Crippen LogP contribution in [0.1, 0.15) is 26.7 Å². The molecule has 6 nitrogen and oxygen atoms in total. The van der Waals surface area contributed by atoms with Gasteiger partial charge in [-0.1, -0.05) is 13.8 Å². The summed E-state index contributed by atoms with van der Waals surface area (Å²) in [6.45, 7) is 4.06. The number of rotatable bonds is 5. The molecule has 0 unspecified atom stereocenters. The molecular formula is C10H15NO5. The van der Waals surface area contributed by atoms with E-state index in [0.717, 1.165) is 0 Å². The minimum Gasteiger partial charge on any atom is -0.369 e. The SMILES string of the molecule is CC(C)COCC(=O)ON1C(=O)CCC1=O. The number of nitrogens with zero attached hydrogens (tertiary/aromatic N) is 1. The van der Waals surface area contributed by atoms with E-state index in [4.69, 9.17) is 4.74 Å². The minimum absolute atomic E-state index is 0.0962. The summed E-state index contributed by atoms with van der Waals surface area (Å²) >= 11 is 0. The van der Waals surface area contributed by atoms with Gasteiger partial charge in [0.1, 0.15) is 6.61 Å². The number of ether oxygens (including phenoxy) is 1. The summed E-state index contributed by atoms with van der Waals surface area (Å²) < 4.78 is 5.01. The van der Waals surface area contributed by atoms with Crippen LogP contribution in [-0.4, -0.2) is 36.1 Å². The second-order valence-electron chi connectivity index (χ2n) is 3.95. The summed E-state index contributed by atoms with van der Waals surface area (Å²) in [5.74, 6) is -1.39. The number of hydrogen-bond acceptors (Lipinski definition) is 5. The average Bonchev–Trinajstić information content (AvgIpc) is 2.49. The maximum atomic E-state index is 11.2. The summed E-state index contributed by atoms with van der Waals surface area (Å²) in [5.41, 5.74) is 0. The Morgan fingerprint density at radius 2 is 1.88 bits per heavy atom. The van der Waals surface area contributed by atoms with Gasteiger partial charge in [-0.15, -0.1) is 5.06 Å². The number of hydroxylamine groups is 2. The highest BCUT2D eigenvalue weighted by atomic mass is 16.7. The normalized spacial score (nSPS) is 16.1. The molecule has 0 saturated carbocycles. The summed E-state index contributed by atoms with van der Waals surface area (Å²) in [6, 6.07) is 0. The molecular weight excluding hydrogens is 214 g/mol. The predicted molar refractivity (Wildman–Crippen MR) is 52.8 cm³/mol. The van der Waals surface area contributed by atoms with Gasteiger partial charge in [0.25, 0.3) is 11.8 Å². The standard InChI is InChI=1S/C10H15NO5/c1-7(2)5-15-6-10(14)16-11-8(12)3-4-9(11)13/h7H,3-6H2,1-2H3. The number of imide groups is 1. The van der Waals surface area contributed by atoms with Crippen molar-refractivity contribution in [2.24, 2.45) is 5.92 Å². The van der Waals surface area contributed by atoms with Crippen molar-refractivity contribution in [3.8, 4) is 0 Å². The van der Waals surface area contributed by atoms with E-state index >= 15 is 0 Å². The van der Waals surface area contributed by atoms with E-state index in [1.54, 1.807) is 0 Å². The number of carbonyl (C=O) groups excluding carboxylic acids is 3. The highest BCUT2D eigenvalue weighted by Crippen LogP contribution is 2.11. The Morgan fingerprint density at radius 3 is 2.38 bits per heavy atom. The molecule has 1 fully saturated rings. The van der Waals surface area contributed by atoms with Crippen LogP contribution < -0.4 is 0 Å². The van der Waals surface area contributed by atoms with Crippen molar-refractivity contribution in [1.29, 1.82) is 0 Å². The molecule has 0 N–H and O–H groups in total. The number of amides is 2. The molecule has 16 heavy (non-hydrogen) atoms. The topological polar surface area (TPSA) is 72.9 Å². The number of hydrogen-bond donors (Lipinski definition) is 0. The Bertz CT molecular complexity index is 284. The molecule has 0 atom stereocenters. The van der Waals surface area contributed by atoms with Gasteiger partial charge in [-0.05, 0) is 5.92 Å². The lowest BCUT2D eigenvalue weighted by Crippen LogP contribution is -2.33. The molecule has 1 aliphatic rings. The zero-order valence-corrected chi connectivity index (χ0v) is 9.39. The lowest BCUT2D eigenvalue weighted by Gasteiger charge is -2.12. The fourth-order valence-electron chi connectivity index (χ4n) is 1.16. The van der Waals surface area contributed by atoms with Gasteiger partial charge in [0.2, 0.25) is 0 Å². The third-order valence-electron chi connectivity index (χ3n) is 1.87. The molecule has 1 aliphatic heterocycles. The third kappa shape index (κ3) is 3.62. The summed E-state index contributed by atoms with van der Waals surface area (Å²) in [7, 11) is 0. The van der Waals surface area contributed by atoms with E-state index in [9.17, 15) is 14.4 Å². The van der Waals surface area contributed by atoms with Crippen molar-refractivity contribution >= 4 is 17.8 Å². The van der Waals surface area contributed by atoms with Crippen molar-refractivity contribution in [2.45, 2.75) is 26.7 Å². The zero-order chi connectivity index (χ0) is 12.1. The Balaban J connectivity index is 2.28. The molecule has 90 valence electrons. The molecule has 0 aromatic rings. The molecule has 0 radical (unpaired) electrons. The van der Waals surface area contributed by atoms with Crippen molar-refractivity contribution in [2.75, 3.05) is 13.2 Å². The van der Waals surface area contributed by atoms with E-state index in [0.29, 0.717) is 17.6 Å². The zero-order valence-electron chi connectivity index (χ0n) is 9.39. The smallest absolute Gasteiger partial charge is 0.358 e. The highest BCUT2D eigenvalue weighted by Gasteiger charge is 2.32. The van der Waals surface area contributed by atoms with E-state index < -0.39 is 17.8 Å². The van der Waals surface area contributed by atoms with Gasteiger partial charge in [-0.3, -0.25) is 9.59 Å². The van der Waals surface area contributed by atoms with Crippen LogP contribution in [0.3, 0.4) is 0 Å². The fourth-order valence-corrected chi connectivity index (χ4v) is 1.16. The predicted octanol–water partition coefficient (Wildman–Crippen LogP) is 0.266. The van der Waals surface area contributed by atoms with Gasteiger partial charge in [-0.25, -0.2) is 4.79 Å². The second kappa shape index (κ2) is 5.60. The first-order valence-corrected chi connectivity index (χ1v) is 5.15. The number of carbonyl (C=O) groups is 3. The van der Waals surface area contributed by atoms with E-state index in [-0.39, 0.29) is 19.4 Å². The summed E-state index contributed by atoms with van der Waals surface area (Å²) in [6.07, 6.45) is 0.192. The maximum Gasteiger partial charge on any atom is 0.358 e. The van der Waals surface area contributed by atoms with E-state index in [1.165, 1.54) is 0 Å². The van der Waals surface area contributed by atoms with Crippen molar-refractivity contribution < 1.29 is 24.0 Å². The molecule has 1 saturated heterocycles. The Labute approximate surface area is 93.4 Å². The van der Waals surface area contributed by atoms with Gasteiger partial charge in [0, 0.05) is 19.4 Å². The highest BCUT2D eigenvalue weighted by molar-refractivity contribution is 6.01. The van der Waals surface area contributed by atoms with Crippen LogP contribution >= 0.6 is 0 Å². The van der Waals surface area contributed by atoms with Gasteiger partial charge in [0.15, 0.2) is 0 Å². The molecule has 0 aromatic carbocycles. The van der Waals surface area contributed by atoms with E-state index in [1.807, 2.05) is 13.8 Å². The van der Waals surface area contributed by atoms with Crippen LogP contribution in [0.2, 0.25) is 0 Å². The van der Waals surface area contributed by atoms with Gasteiger partial charge in [0.05, 0.1) is 0 Å². The average molecular weight is 229 g/mol. The lowest BCUT2D eigenvalue weighted by atomic mass is 10.2. The molecule has 0 spiro atoms. The Hall–Kier alpha value is -1.43. The van der Waals surface area contributed by atoms with E-state index in [2.05, 4.69) is 4.84 Å². The fraction of sp³-hybridized carbons (Fsp3) is 0.700.